The summed E-state index contributed by atoms with van der Waals surface area (Å²) < 4.78 is 12.1. The highest BCUT2D eigenvalue weighted by Crippen LogP contribution is 2.52. The second-order valence-electron chi connectivity index (χ2n) is 9.06. The number of carbonyl (C=O) groups excluding carboxylic acids is 2. The lowest BCUT2D eigenvalue weighted by atomic mass is 9.78. The van der Waals surface area contributed by atoms with Gasteiger partial charge in [0, 0.05) is 16.3 Å². The van der Waals surface area contributed by atoms with E-state index in [0.717, 1.165) is 11.1 Å². The van der Waals surface area contributed by atoms with Crippen LogP contribution in [0.4, 0.5) is 16.2 Å². The van der Waals surface area contributed by atoms with Crippen LogP contribution in [0, 0.1) is 19.8 Å². The number of amides is 3. The number of nitrogens with zero attached hydrogens (tertiary/aromatic N) is 1. The molecule has 2 N–H and O–H groups in total. The molecule has 0 unspecified atom stereocenters. The zero-order chi connectivity index (χ0) is 24.9. The van der Waals surface area contributed by atoms with E-state index >= 15 is 0 Å². The summed E-state index contributed by atoms with van der Waals surface area (Å²) in [7, 11) is 1.56. The standard InChI is InChI=1S/C27H26ClN3O4/c1-15-11-12-20(16(2)13-15)29-25(32)22-23-19-9-6-10-21(34-4)24(19)35-27(22,3)31(26(33)30-23)18-8-5-7-17(28)14-18/h5-14,22-23H,1-4H3,(H,29,32)(H,30,33)/t22-,23+,27+/m0/s1. The van der Waals surface area contributed by atoms with Crippen molar-refractivity contribution >= 4 is 34.9 Å². The molecule has 3 atom stereocenters. The van der Waals surface area contributed by atoms with Crippen LogP contribution in [0.25, 0.3) is 0 Å². The van der Waals surface area contributed by atoms with Gasteiger partial charge in [0.1, 0.15) is 5.92 Å². The van der Waals surface area contributed by atoms with Gasteiger partial charge < -0.3 is 20.1 Å². The van der Waals surface area contributed by atoms with Crippen molar-refractivity contribution in [2.75, 3.05) is 17.3 Å². The first-order valence-corrected chi connectivity index (χ1v) is 11.7. The van der Waals surface area contributed by atoms with Crippen LogP contribution in [-0.4, -0.2) is 24.8 Å². The van der Waals surface area contributed by atoms with Crippen LogP contribution in [0.3, 0.4) is 0 Å². The molecule has 2 aliphatic rings. The van der Waals surface area contributed by atoms with Gasteiger partial charge in [-0.3, -0.25) is 9.69 Å². The molecule has 1 fully saturated rings. The highest BCUT2D eigenvalue weighted by molar-refractivity contribution is 6.31. The molecule has 0 aliphatic carbocycles. The molecule has 7 nitrogen and oxygen atoms in total. The number of urea groups is 1. The quantitative estimate of drug-likeness (QED) is 0.498. The number of methoxy groups -OCH3 is 1. The number of para-hydroxylation sites is 1. The Morgan fingerprint density at radius 1 is 1.14 bits per heavy atom. The summed E-state index contributed by atoms with van der Waals surface area (Å²) in [6.45, 7) is 5.70. The Balaban J connectivity index is 1.65. The first-order valence-electron chi connectivity index (χ1n) is 11.3. The van der Waals surface area contributed by atoms with E-state index in [2.05, 4.69) is 10.6 Å². The number of fused-ring (bicyclic) bond motifs is 4. The van der Waals surface area contributed by atoms with Crippen molar-refractivity contribution in [3.63, 3.8) is 0 Å². The molecule has 2 bridgehead atoms. The number of halogens is 1. The van der Waals surface area contributed by atoms with Gasteiger partial charge in [-0.2, -0.15) is 0 Å². The number of hydrogen-bond donors (Lipinski definition) is 2. The van der Waals surface area contributed by atoms with E-state index in [9.17, 15) is 9.59 Å². The molecule has 0 saturated carbocycles. The van der Waals surface area contributed by atoms with Crippen molar-refractivity contribution in [2.45, 2.75) is 32.5 Å². The van der Waals surface area contributed by atoms with E-state index in [-0.39, 0.29) is 11.9 Å². The third-order valence-electron chi connectivity index (χ3n) is 6.70. The first-order chi connectivity index (χ1) is 16.7. The van der Waals surface area contributed by atoms with Crippen LogP contribution >= 0.6 is 11.6 Å². The van der Waals surface area contributed by atoms with Crippen LogP contribution in [-0.2, 0) is 4.79 Å². The van der Waals surface area contributed by atoms with Crippen LogP contribution < -0.4 is 25.0 Å². The maximum absolute atomic E-state index is 13.9. The zero-order valence-electron chi connectivity index (χ0n) is 19.9. The SMILES string of the molecule is COc1cccc2c1O[C@]1(C)[C@H](C(=O)Nc3ccc(C)cc3C)[C@@H]2NC(=O)N1c1cccc(Cl)c1. The van der Waals surface area contributed by atoms with Gasteiger partial charge in [-0.05, 0) is 56.7 Å². The lowest BCUT2D eigenvalue weighted by Crippen LogP contribution is -2.72. The van der Waals surface area contributed by atoms with E-state index in [0.29, 0.717) is 33.5 Å². The van der Waals surface area contributed by atoms with Gasteiger partial charge in [0.15, 0.2) is 11.5 Å². The third kappa shape index (κ3) is 3.76. The van der Waals surface area contributed by atoms with Gasteiger partial charge in [-0.25, -0.2) is 4.79 Å². The maximum atomic E-state index is 13.9. The van der Waals surface area contributed by atoms with Crippen molar-refractivity contribution in [2.24, 2.45) is 5.92 Å². The number of nitrogens with one attached hydrogen (secondary N) is 2. The van der Waals surface area contributed by atoms with Crippen molar-refractivity contribution in [1.29, 1.82) is 0 Å². The molecule has 2 aliphatic heterocycles. The van der Waals surface area contributed by atoms with Gasteiger partial charge in [0.25, 0.3) is 0 Å². The van der Waals surface area contributed by atoms with Gasteiger partial charge in [-0.1, -0.05) is 47.5 Å². The molecule has 35 heavy (non-hydrogen) atoms. The van der Waals surface area contributed by atoms with Gasteiger partial charge in [0.05, 0.1) is 18.8 Å². The van der Waals surface area contributed by atoms with E-state index in [4.69, 9.17) is 21.1 Å². The predicted molar refractivity (Wildman–Crippen MR) is 135 cm³/mol. The second-order valence-corrected chi connectivity index (χ2v) is 9.50. The number of aryl methyl sites for hydroxylation is 2. The normalized spacial score (nSPS) is 22.5. The largest absolute Gasteiger partial charge is 0.493 e. The molecule has 2 heterocycles. The average molecular weight is 492 g/mol. The average Bonchev–Trinajstić information content (AvgIpc) is 2.80. The minimum atomic E-state index is -1.37. The van der Waals surface area contributed by atoms with Gasteiger partial charge in [-0.15, -0.1) is 0 Å². The van der Waals surface area contributed by atoms with E-state index < -0.39 is 17.7 Å². The zero-order valence-corrected chi connectivity index (χ0v) is 20.6. The lowest BCUT2D eigenvalue weighted by Gasteiger charge is -2.54. The summed E-state index contributed by atoms with van der Waals surface area (Å²) in [5, 5.41) is 6.56. The molecule has 3 amide bonds. The van der Waals surface area contributed by atoms with Crippen LogP contribution in [0.1, 0.15) is 29.7 Å². The van der Waals surface area contributed by atoms with E-state index in [1.165, 1.54) is 4.90 Å². The Morgan fingerprint density at radius 2 is 1.91 bits per heavy atom. The number of rotatable bonds is 4. The summed E-state index contributed by atoms with van der Waals surface area (Å²) in [4.78, 5) is 28.8. The van der Waals surface area contributed by atoms with Crippen LogP contribution in [0.15, 0.2) is 60.7 Å². The molecule has 3 aromatic carbocycles. The Kier molecular flexibility index (Phi) is 5.60. The predicted octanol–water partition coefficient (Wildman–Crippen LogP) is 5.60. The van der Waals surface area contributed by atoms with Crippen LogP contribution in [0.5, 0.6) is 11.5 Å². The number of benzene rings is 3. The fourth-order valence-corrected chi connectivity index (χ4v) is 5.28. The number of anilines is 2. The lowest BCUT2D eigenvalue weighted by molar-refractivity contribution is -0.131. The van der Waals surface area contributed by atoms with Crippen LogP contribution in [0.2, 0.25) is 5.02 Å². The Bertz CT molecular complexity index is 1340. The fourth-order valence-electron chi connectivity index (χ4n) is 5.10. The molecule has 180 valence electrons. The highest BCUT2D eigenvalue weighted by Gasteiger charge is 2.60. The number of ether oxygens (including phenoxy) is 2. The molecular formula is C27H26ClN3O4. The van der Waals surface area contributed by atoms with Crippen molar-refractivity contribution in [3.8, 4) is 11.5 Å². The number of hydrogen-bond acceptors (Lipinski definition) is 4. The van der Waals surface area contributed by atoms with E-state index in [1.54, 1.807) is 44.4 Å². The second kappa shape index (κ2) is 8.50. The summed E-state index contributed by atoms with van der Waals surface area (Å²) in [5.74, 6) is -0.0521. The van der Waals surface area contributed by atoms with Crippen molar-refractivity contribution in [1.82, 2.24) is 5.32 Å². The summed E-state index contributed by atoms with van der Waals surface area (Å²) in [6.07, 6.45) is 0. The summed E-state index contributed by atoms with van der Waals surface area (Å²) in [6, 6.07) is 17.2. The monoisotopic (exact) mass is 491 g/mol. The smallest absolute Gasteiger partial charge is 0.325 e. The fraction of sp³-hybridized carbons (Fsp3) is 0.259. The number of carbonyl (C=O) groups is 2. The third-order valence-corrected chi connectivity index (χ3v) is 6.93. The maximum Gasteiger partial charge on any atom is 0.325 e. The topological polar surface area (TPSA) is 79.9 Å². The summed E-state index contributed by atoms with van der Waals surface area (Å²) >= 11 is 6.26. The Morgan fingerprint density at radius 3 is 2.63 bits per heavy atom. The molecule has 0 radical (unpaired) electrons. The summed E-state index contributed by atoms with van der Waals surface area (Å²) in [5.41, 5.74) is 2.58. The molecule has 8 heteroatoms. The van der Waals surface area contributed by atoms with Gasteiger partial charge in [0.2, 0.25) is 11.6 Å². The minimum absolute atomic E-state index is 0.273. The Hall–Kier alpha value is -3.71. The highest BCUT2D eigenvalue weighted by atomic mass is 35.5. The molecule has 3 aromatic rings. The molecule has 1 saturated heterocycles. The molecular weight excluding hydrogens is 466 g/mol. The molecule has 0 spiro atoms. The first kappa shape index (κ1) is 23.1. The molecule has 0 aromatic heterocycles. The van der Waals surface area contributed by atoms with Crippen molar-refractivity contribution in [3.05, 3.63) is 82.4 Å². The minimum Gasteiger partial charge on any atom is -0.493 e. The molecule has 5 rings (SSSR count). The van der Waals surface area contributed by atoms with Crippen molar-refractivity contribution < 1.29 is 19.1 Å². The van der Waals surface area contributed by atoms with Gasteiger partial charge >= 0.3 is 6.03 Å². The van der Waals surface area contributed by atoms with E-state index in [1.807, 2.05) is 44.2 Å². The Labute approximate surface area is 209 Å².